The molecule has 0 aromatic rings. The summed E-state index contributed by atoms with van der Waals surface area (Å²) in [7, 11) is -3.77. The van der Waals surface area contributed by atoms with Crippen molar-refractivity contribution in [1.82, 2.24) is 0 Å². The Bertz CT molecular complexity index is 307. The van der Waals surface area contributed by atoms with E-state index >= 15 is 0 Å². The van der Waals surface area contributed by atoms with Crippen LogP contribution in [0.2, 0.25) is 39.3 Å². The van der Waals surface area contributed by atoms with Crippen molar-refractivity contribution in [3.63, 3.8) is 0 Å². The van der Waals surface area contributed by atoms with E-state index < -0.39 is 28.6 Å². The van der Waals surface area contributed by atoms with E-state index in [4.69, 9.17) is 14.6 Å². The summed E-state index contributed by atoms with van der Waals surface area (Å²) in [5.74, 6) is -0.708. The Morgan fingerprint density at radius 1 is 1.00 bits per heavy atom. The summed E-state index contributed by atoms with van der Waals surface area (Å²) in [6, 6.07) is -0.745. The van der Waals surface area contributed by atoms with Gasteiger partial charge in [0.1, 0.15) is 6.04 Å². The zero-order valence-corrected chi connectivity index (χ0v) is 14.2. The number of carbonyl (C=O) groups excluding carboxylic acids is 2. The van der Waals surface area contributed by atoms with E-state index in [0.717, 1.165) is 0 Å². The molecule has 0 unspecified atom stereocenters. The van der Waals surface area contributed by atoms with Gasteiger partial charge >= 0.3 is 5.97 Å². The zero-order chi connectivity index (χ0) is 14.6. The molecule has 2 N–H and O–H groups in total. The molecule has 0 radical (unpaired) electrons. The van der Waals surface area contributed by atoms with Gasteiger partial charge in [-0.05, 0) is 45.7 Å². The van der Waals surface area contributed by atoms with Gasteiger partial charge in [0.15, 0.2) is 0 Å². The Morgan fingerprint density at radius 3 is 1.83 bits per heavy atom. The van der Waals surface area contributed by atoms with Gasteiger partial charge in [-0.3, -0.25) is 9.59 Å². The number of carbonyl (C=O) groups is 2. The van der Waals surface area contributed by atoms with Crippen LogP contribution < -0.4 is 5.73 Å². The highest BCUT2D eigenvalue weighted by atomic mass is 28.4. The Kier molecular flexibility index (Phi) is 6.25. The largest absolute Gasteiger partial charge is 0.520 e. The summed E-state index contributed by atoms with van der Waals surface area (Å²) in [5.41, 5.74) is 5.69. The smallest absolute Gasteiger partial charge is 0.309 e. The average molecular weight is 291 g/mol. The molecule has 106 valence electrons. The summed E-state index contributed by atoms with van der Waals surface area (Å²) < 4.78 is 10.5. The maximum absolute atomic E-state index is 11.6. The summed E-state index contributed by atoms with van der Waals surface area (Å²) in [4.78, 5) is 23.1. The van der Waals surface area contributed by atoms with Gasteiger partial charge in [0.25, 0.3) is 5.97 Å². The molecule has 0 spiro atoms. The molecule has 0 aliphatic rings. The first-order valence-electron chi connectivity index (χ1n) is 6.11. The molecule has 0 aliphatic carbocycles. The van der Waals surface area contributed by atoms with Crippen molar-refractivity contribution in [3.8, 4) is 0 Å². The maximum atomic E-state index is 11.6. The third kappa shape index (κ3) is 9.37. The fourth-order valence-corrected chi connectivity index (χ4v) is 2.70. The standard InChI is InChI=1S/C11H25NO4Si2/c1-17(2,3)15-10(13)8-7-9(12)11(14)16-18(4,5)6/h9H,7-8,12H2,1-6H3/t9-/m1/s1. The molecular formula is C11H25NO4Si2. The number of hydrogen-bond acceptors (Lipinski definition) is 5. The first kappa shape index (κ1) is 17.3. The molecule has 0 amide bonds. The molecule has 0 aliphatic heterocycles. The lowest BCUT2D eigenvalue weighted by molar-refractivity contribution is -0.137. The molecule has 0 aromatic carbocycles. The fraction of sp³-hybridized carbons (Fsp3) is 0.818. The second kappa shape index (κ2) is 6.49. The van der Waals surface area contributed by atoms with Gasteiger partial charge in [0, 0.05) is 6.42 Å². The van der Waals surface area contributed by atoms with Gasteiger partial charge in [0.2, 0.25) is 16.6 Å². The highest BCUT2D eigenvalue weighted by Crippen LogP contribution is 2.09. The molecule has 0 saturated carbocycles. The Labute approximate surface area is 111 Å². The zero-order valence-electron chi connectivity index (χ0n) is 12.2. The Hall–Kier alpha value is -0.666. The predicted octanol–water partition coefficient (Wildman–Crippen LogP) is 1.85. The Morgan fingerprint density at radius 2 is 1.44 bits per heavy atom. The number of rotatable bonds is 6. The monoisotopic (exact) mass is 291 g/mol. The van der Waals surface area contributed by atoms with Gasteiger partial charge in [-0.2, -0.15) is 0 Å². The van der Waals surface area contributed by atoms with Gasteiger partial charge in [-0.1, -0.05) is 0 Å². The highest BCUT2D eigenvalue weighted by molar-refractivity contribution is 6.71. The molecule has 7 heteroatoms. The molecule has 0 bridgehead atoms. The topological polar surface area (TPSA) is 78.6 Å². The Balaban J connectivity index is 4.07. The van der Waals surface area contributed by atoms with Gasteiger partial charge in [-0.15, -0.1) is 0 Å². The summed E-state index contributed by atoms with van der Waals surface area (Å²) in [5, 5.41) is 0. The quantitative estimate of drug-likeness (QED) is 0.756. The summed E-state index contributed by atoms with van der Waals surface area (Å²) >= 11 is 0. The first-order valence-corrected chi connectivity index (χ1v) is 12.9. The molecular weight excluding hydrogens is 266 g/mol. The maximum Gasteiger partial charge on any atom is 0.309 e. The minimum absolute atomic E-state index is 0.159. The lowest BCUT2D eigenvalue weighted by Gasteiger charge is -2.21. The van der Waals surface area contributed by atoms with E-state index in [9.17, 15) is 9.59 Å². The fourth-order valence-electron chi connectivity index (χ4n) is 1.16. The van der Waals surface area contributed by atoms with Crippen molar-refractivity contribution >= 4 is 28.6 Å². The van der Waals surface area contributed by atoms with E-state index in [-0.39, 0.29) is 18.8 Å². The average Bonchev–Trinajstić information content (AvgIpc) is 2.08. The van der Waals surface area contributed by atoms with Crippen LogP contribution in [0.1, 0.15) is 12.8 Å². The van der Waals surface area contributed by atoms with E-state index in [2.05, 4.69) is 0 Å². The van der Waals surface area contributed by atoms with Crippen LogP contribution in [0.5, 0.6) is 0 Å². The van der Waals surface area contributed by atoms with Crippen LogP contribution in [0.15, 0.2) is 0 Å². The third-order valence-corrected chi connectivity index (χ3v) is 3.44. The minimum Gasteiger partial charge on any atom is -0.520 e. The molecule has 0 heterocycles. The van der Waals surface area contributed by atoms with Crippen LogP contribution in [0.3, 0.4) is 0 Å². The van der Waals surface area contributed by atoms with E-state index in [0.29, 0.717) is 0 Å². The second-order valence-corrected chi connectivity index (χ2v) is 15.1. The van der Waals surface area contributed by atoms with E-state index in [1.807, 2.05) is 39.3 Å². The molecule has 1 atom stereocenters. The van der Waals surface area contributed by atoms with Crippen molar-refractivity contribution in [2.45, 2.75) is 58.2 Å². The summed E-state index contributed by atoms with van der Waals surface area (Å²) in [6.07, 6.45) is 0.429. The molecule has 18 heavy (non-hydrogen) atoms. The van der Waals surface area contributed by atoms with Crippen LogP contribution in [-0.2, 0) is 18.4 Å². The molecule has 0 fully saturated rings. The molecule has 0 saturated heterocycles. The number of nitrogens with two attached hydrogens (primary N) is 1. The lowest BCUT2D eigenvalue weighted by atomic mass is 10.2. The minimum atomic E-state index is -1.92. The SMILES string of the molecule is C[Si](C)(C)OC(=O)CC[C@@H](N)C(=O)O[Si](C)(C)C. The highest BCUT2D eigenvalue weighted by Gasteiger charge is 2.25. The van der Waals surface area contributed by atoms with Gasteiger partial charge < -0.3 is 14.6 Å². The second-order valence-electron chi connectivity index (χ2n) is 6.27. The van der Waals surface area contributed by atoms with E-state index in [1.165, 1.54) is 0 Å². The number of hydrogen-bond donors (Lipinski definition) is 1. The van der Waals surface area contributed by atoms with Crippen molar-refractivity contribution < 1.29 is 18.4 Å². The van der Waals surface area contributed by atoms with Crippen LogP contribution in [0.25, 0.3) is 0 Å². The van der Waals surface area contributed by atoms with Crippen LogP contribution in [0, 0.1) is 0 Å². The molecule has 0 rings (SSSR count). The van der Waals surface area contributed by atoms with Crippen molar-refractivity contribution in [3.05, 3.63) is 0 Å². The lowest BCUT2D eigenvalue weighted by Crippen LogP contribution is -2.40. The summed E-state index contributed by atoms with van der Waals surface area (Å²) in [6.45, 7) is 11.5. The normalized spacial score (nSPS) is 13.9. The predicted molar refractivity (Wildman–Crippen MR) is 76.1 cm³/mol. The first-order chi connectivity index (χ1) is 7.91. The van der Waals surface area contributed by atoms with Gasteiger partial charge in [-0.25, -0.2) is 0 Å². The van der Waals surface area contributed by atoms with Crippen molar-refractivity contribution in [2.24, 2.45) is 5.73 Å². The van der Waals surface area contributed by atoms with Crippen molar-refractivity contribution in [1.29, 1.82) is 0 Å². The van der Waals surface area contributed by atoms with Crippen LogP contribution in [-0.4, -0.2) is 34.6 Å². The van der Waals surface area contributed by atoms with Crippen molar-refractivity contribution in [2.75, 3.05) is 0 Å². The molecule has 5 nitrogen and oxygen atoms in total. The third-order valence-electron chi connectivity index (χ3n) is 1.79. The molecule has 0 aromatic heterocycles. The van der Waals surface area contributed by atoms with Gasteiger partial charge in [0.05, 0.1) is 0 Å². The van der Waals surface area contributed by atoms with Crippen LogP contribution in [0.4, 0.5) is 0 Å². The van der Waals surface area contributed by atoms with E-state index in [1.54, 1.807) is 0 Å². The van der Waals surface area contributed by atoms with Crippen LogP contribution >= 0.6 is 0 Å².